The van der Waals surface area contributed by atoms with Gasteiger partial charge in [0.25, 0.3) is 0 Å². The summed E-state index contributed by atoms with van der Waals surface area (Å²) in [4.78, 5) is 12.4. The number of rotatable bonds is 7. The summed E-state index contributed by atoms with van der Waals surface area (Å²) in [6.45, 7) is 12.8. The van der Waals surface area contributed by atoms with Gasteiger partial charge >= 0.3 is 0 Å². The molecular formula is C25H32N4OS. The number of benzene rings is 2. The van der Waals surface area contributed by atoms with E-state index in [-0.39, 0.29) is 17.4 Å². The fourth-order valence-electron chi connectivity index (χ4n) is 3.07. The molecule has 164 valence electrons. The summed E-state index contributed by atoms with van der Waals surface area (Å²) in [5.41, 5.74) is 3.33. The summed E-state index contributed by atoms with van der Waals surface area (Å²) in [6, 6.07) is 18.6. The number of nitrogens with zero attached hydrogens (tertiary/aromatic N) is 3. The molecule has 0 unspecified atom stereocenters. The number of carbonyl (C=O) groups is 1. The van der Waals surface area contributed by atoms with Crippen LogP contribution in [0.2, 0.25) is 0 Å². The van der Waals surface area contributed by atoms with Crippen molar-refractivity contribution < 1.29 is 4.79 Å². The van der Waals surface area contributed by atoms with E-state index in [1.54, 1.807) is 0 Å². The molecule has 0 aliphatic carbocycles. The van der Waals surface area contributed by atoms with Crippen LogP contribution in [-0.4, -0.2) is 32.5 Å². The standard InChI is InChI=1S/C25H32N4OS/c1-17(2)18(3)26-22(30)16-31-24-28-27-23(29(24)21-10-8-7-9-11-21)19-12-14-20(15-13-19)25(4,5)6/h7-15,17-18H,16H2,1-6H3,(H,26,30)/t18-/m0/s1. The SMILES string of the molecule is CC(C)[C@H](C)NC(=O)CSc1nnc(-c2ccc(C(C)(C)C)cc2)n1-c1ccccc1. The predicted octanol–water partition coefficient (Wildman–Crippen LogP) is 5.48. The molecule has 3 aromatic rings. The van der Waals surface area contributed by atoms with Crippen molar-refractivity contribution >= 4 is 17.7 Å². The molecule has 0 bridgehead atoms. The third-order valence-electron chi connectivity index (χ3n) is 5.38. The highest BCUT2D eigenvalue weighted by atomic mass is 32.2. The zero-order chi connectivity index (χ0) is 22.6. The lowest BCUT2D eigenvalue weighted by Gasteiger charge is -2.19. The molecule has 0 saturated carbocycles. The second-order valence-electron chi connectivity index (χ2n) is 9.19. The van der Waals surface area contributed by atoms with E-state index in [1.165, 1.54) is 17.3 Å². The normalized spacial score (nSPS) is 12.7. The van der Waals surface area contributed by atoms with Gasteiger partial charge in [-0.3, -0.25) is 9.36 Å². The number of aromatic nitrogens is 3. The van der Waals surface area contributed by atoms with Crippen LogP contribution in [0.15, 0.2) is 59.8 Å². The van der Waals surface area contributed by atoms with E-state index in [9.17, 15) is 4.79 Å². The average molecular weight is 437 g/mol. The fourth-order valence-corrected chi connectivity index (χ4v) is 3.83. The summed E-state index contributed by atoms with van der Waals surface area (Å²) >= 11 is 1.40. The van der Waals surface area contributed by atoms with Gasteiger partial charge in [0.15, 0.2) is 11.0 Å². The van der Waals surface area contributed by atoms with Crippen molar-refractivity contribution in [1.82, 2.24) is 20.1 Å². The zero-order valence-corrected chi connectivity index (χ0v) is 20.0. The highest BCUT2D eigenvalue weighted by Crippen LogP contribution is 2.30. The van der Waals surface area contributed by atoms with E-state index >= 15 is 0 Å². The van der Waals surface area contributed by atoms with Gasteiger partial charge in [-0.25, -0.2) is 0 Å². The third kappa shape index (κ3) is 5.76. The average Bonchev–Trinajstić information content (AvgIpc) is 3.16. The van der Waals surface area contributed by atoms with Crippen molar-refractivity contribution in [2.75, 3.05) is 5.75 Å². The van der Waals surface area contributed by atoms with Crippen LogP contribution in [0, 0.1) is 5.92 Å². The maximum absolute atomic E-state index is 12.4. The van der Waals surface area contributed by atoms with Crippen LogP contribution in [0.5, 0.6) is 0 Å². The molecule has 31 heavy (non-hydrogen) atoms. The summed E-state index contributed by atoms with van der Waals surface area (Å²) in [5, 5.41) is 12.7. The second-order valence-corrected chi connectivity index (χ2v) is 10.1. The third-order valence-corrected chi connectivity index (χ3v) is 6.31. The van der Waals surface area contributed by atoms with Crippen LogP contribution >= 0.6 is 11.8 Å². The molecule has 0 aliphatic heterocycles. The Kier molecular flexibility index (Phi) is 7.21. The Labute approximate surface area is 189 Å². The number of carbonyl (C=O) groups excluding carboxylic acids is 1. The van der Waals surface area contributed by atoms with E-state index in [0.717, 1.165) is 17.1 Å². The van der Waals surface area contributed by atoms with Crippen LogP contribution in [0.1, 0.15) is 47.1 Å². The van der Waals surface area contributed by atoms with Gasteiger partial charge in [-0.05, 0) is 36.0 Å². The predicted molar refractivity (Wildman–Crippen MR) is 129 cm³/mol. The highest BCUT2D eigenvalue weighted by Gasteiger charge is 2.19. The van der Waals surface area contributed by atoms with Crippen molar-refractivity contribution in [1.29, 1.82) is 0 Å². The summed E-state index contributed by atoms with van der Waals surface area (Å²) in [6.07, 6.45) is 0. The summed E-state index contributed by atoms with van der Waals surface area (Å²) in [7, 11) is 0. The monoisotopic (exact) mass is 436 g/mol. The minimum Gasteiger partial charge on any atom is -0.353 e. The van der Waals surface area contributed by atoms with Crippen LogP contribution in [0.25, 0.3) is 17.1 Å². The van der Waals surface area contributed by atoms with Crippen LogP contribution in [0.3, 0.4) is 0 Å². The van der Waals surface area contributed by atoms with Gasteiger partial charge in [-0.2, -0.15) is 0 Å². The Bertz CT molecular complexity index is 1000. The van der Waals surface area contributed by atoms with Gasteiger partial charge in [-0.15, -0.1) is 10.2 Å². The lowest BCUT2D eigenvalue weighted by Crippen LogP contribution is -2.37. The topological polar surface area (TPSA) is 59.8 Å². The Hall–Kier alpha value is -2.60. The van der Waals surface area contributed by atoms with Gasteiger partial charge < -0.3 is 5.32 Å². The molecule has 3 rings (SSSR count). The van der Waals surface area contributed by atoms with Crippen molar-refractivity contribution in [2.45, 2.75) is 58.2 Å². The van der Waals surface area contributed by atoms with Crippen LogP contribution < -0.4 is 5.32 Å². The van der Waals surface area contributed by atoms with Gasteiger partial charge in [0.05, 0.1) is 5.75 Å². The second kappa shape index (κ2) is 9.69. The first kappa shape index (κ1) is 23.1. The van der Waals surface area contributed by atoms with Gasteiger partial charge in [0, 0.05) is 17.3 Å². The van der Waals surface area contributed by atoms with E-state index in [2.05, 4.69) is 74.4 Å². The molecule has 1 aromatic heterocycles. The summed E-state index contributed by atoms with van der Waals surface area (Å²) in [5.74, 6) is 1.46. The van der Waals surface area contributed by atoms with E-state index in [0.29, 0.717) is 16.8 Å². The number of para-hydroxylation sites is 1. The van der Waals surface area contributed by atoms with Crippen LogP contribution in [0.4, 0.5) is 0 Å². The van der Waals surface area contributed by atoms with Crippen molar-refractivity contribution in [2.24, 2.45) is 5.92 Å². The highest BCUT2D eigenvalue weighted by molar-refractivity contribution is 7.99. The first-order valence-corrected chi connectivity index (χ1v) is 11.7. The molecule has 0 aliphatic rings. The molecule has 0 fully saturated rings. The lowest BCUT2D eigenvalue weighted by atomic mass is 9.87. The Morgan fingerprint density at radius 1 is 1.00 bits per heavy atom. The Morgan fingerprint density at radius 3 is 2.23 bits per heavy atom. The first-order chi connectivity index (χ1) is 14.7. The molecule has 6 heteroatoms. The number of hydrogen-bond acceptors (Lipinski definition) is 4. The lowest BCUT2D eigenvalue weighted by molar-refractivity contribution is -0.119. The summed E-state index contributed by atoms with van der Waals surface area (Å²) < 4.78 is 2.02. The molecule has 0 saturated heterocycles. The quantitative estimate of drug-likeness (QED) is 0.498. The van der Waals surface area contributed by atoms with Crippen molar-refractivity contribution in [3.63, 3.8) is 0 Å². The molecular weight excluding hydrogens is 404 g/mol. The molecule has 0 radical (unpaired) electrons. The van der Waals surface area contributed by atoms with E-state index in [4.69, 9.17) is 0 Å². The van der Waals surface area contributed by atoms with Crippen LogP contribution in [-0.2, 0) is 10.2 Å². The molecule has 2 aromatic carbocycles. The Morgan fingerprint density at radius 2 is 1.65 bits per heavy atom. The molecule has 1 atom stereocenters. The van der Waals surface area contributed by atoms with E-state index in [1.807, 2.05) is 41.8 Å². The fraction of sp³-hybridized carbons (Fsp3) is 0.400. The molecule has 0 spiro atoms. The molecule has 1 N–H and O–H groups in total. The minimum atomic E-state index is 0.00453. The Balaban J connectivity index is 1.90. The number of thioether (sulfide) groups is 1. The molecule has 1 heterocycles. The zero-order valence-electron chi connectivity index (χ0n) is 19.2. The molecule has 5 nitrogen and oxygen atoms in total. The first-order valence-electron chi connectivity index (χ1n) is 10.7. The van der Waals surface area contributed by atoms with Crippen molar-refractivity contribution in [3.05, 3.63) is 60.2 Å². The van der Waals surface area contributed by atoms with Crippen molar-refractivity contribution in [3.8, 4) is 17.1 Å². The largest absolute Gasteiger partial charge is 0.353 e. The molecule has 1 amide bonds. The maximum Gasteiger partial charge on any atom is 0.230 e. The number of amides is 1. The number of hydrogen-bond donors (Lipinski definition) is 1. The van der Waals surface area contributed by atoms with Gasteiger partial charge in [-0.1, -0.05) is 88.8 Å². The van der Waals surface area contributed by atoms with E-state index < -0.39 is 0 Å². The minimum absolute atomic E-state index is 0.00453. The van der Waals surface area contributed by atoms with Gasteiger partial charge in [0.2, 0.25) is 5.91 Å². The van der Waals surface area contributed by atoms with Gasteiger partial charge in [0.1, 0.15) is 0 Å². The smallest absolute Gasteiger partial charge is 0.230 e. The number of nitrogens with one attached hydrogen (secondary N) is 1. The maximum atomic E-state index is 12.4.